The van der Waals surface area contributed by atoms with Gasteiger partial charge in [-0.15, -0.1) is 0 Å². The Morgan fingerprint density at radius 3 is 2.62 bits per heavy atom. The molecule has 0 amide bonds. The van der Waals surface area contributed by atoms with Crippen molar-refractivity contribution in [2.45, 2.75) is 32.7 Å². The van der Waals surface area contributed by atoms with Crippen LogP contribution in [0.1, 0.15) is 32.2 Å². The van der Waals surface area contributed by atoms with Gasteiger partial charge in [-0.25, -0.2) is 9.97 Å². The van der Waals surface area contributed by atoms with E-state index in [4.69, 9.17) is 9.72 Å². The molecule has 0 spiro atoms. The van der Waals surface area contributed by atoms with E-state index in [9.17, 15) is 0 Å². The molecule has 126 valence electrons. The number of para-hydroxylation sites is 1. The number of rotatable bonds is 4. The molecule has 6 heteroatoms. The molecule has 0 unspecified atom stereocenters. The molecule has 2 heterocycles. The van der Waals surface area contributed by atoms with Gasteiger partial charge in [0.15, 0.2) is 5.65 Å². The molecule has 1 N–H and O–H groups in total. The van der Waals surface area contributed by atoms with Crippen molar-refractivity contribution in [2.75, 3.05) is 12.4 Å². The molecule has 0 aliphatic carbocycles. The van der Waals surface area contributed by atoms with Gasteiger partial charge in [-0.3, -0.25) is 4.68 Å². The maximum absolute atomic E-state index is 5.41. The largest absolute Gasteiger partial charge is 0.496 e. The standard InChI is InChI=1S/C18H23N5O/c1-18(2,3)17-21-15(13-11-20-23(4)16(13)22-17)19-10-12-8-6-7-9-14(12)24-5/h6-9,11H,10H2,1-5H3,(H,19,21,22). The van der Waals surface area contributed by atoms with E-state index < -0.39 is 0 Å². The van der Waals surface area contributed by atoms with Crippen LogP contribution in [0.5, 0.6) is 5.75 Å². The van der Waals surface area contributed by atoms with Gasteiger partial charge in [0.05, 0.1) is 18.7 Å². The summed E-state index contributed by atoms with van der Waals surface area (Å²) in [6.07, 6.45) is 1.80. The molecule has 0 radical (unpaired) electrons. The lowest BCUT2D eigenvalue weighted by Crippen LogP contribution is -2.18. The van der Waals surface area contributed by atoms with Crippen LogP contribution in [0, 0.1) is 0 Å². The third-order valence-corrected chi connectivity index (χ3v) is 3.90. The summed E-state index contributed by atoms with van der Waals surface area (Å²) in [5.41, 5.74) is 1.77. The summed E-state index contributed by atoms with van der Waals surface area (Å²) in [5.74, 6) is 2.45. The van der Waals surface area contributed by atoms with Crippen molar-refractivity contribution in [3.05, 3.63) is 41.9 Å². The van der Waals surface area contributed by atoms with Gasteiger partial charge in [0, 0.05) is 24.6 Å². The molecular formula is C18H23N5O. The number of methoxy groups -OCH3 is 1. The predicted molar refractivity (Wildman–Crippen MR) is 95.3 cm³/mol. The number of hydrogen-bond acceptors (Lipinski definition) is 5. The molecule has 0 aliphatic rings. The van der Waals surface area contributed by atoms with Crippen molar-refractivity contribution in [1.29, 1.82) is 0 Å². The molecule has 2 aromatic heterocycles. The van der Waals surface area contributed by atoms with Crippen molar-refractivity contribution in [3.8, 4) is 5.75 Å². The molecule has 3 aromatic rings. The first kappa shape index (κ1) is 16.2. The Labute approximate surface area is 141 Å². The number of aromatic nitrogens is 4. The van der Waals surface area contributed by atoms with Gasteiger partial charge in [0.1, 0.15) is 17.4 Å². The Morgan fingerprint density at radius 2 is 1.92 bits per heavy atom. The predicted octanol–water partition coefficient (Wildman–Crippen LogP) is 3.28. The summed E-state index contributed by atoms with van der Waals surface area (Å²) in [6.45, 7) is 6.94. The maximum Gasteiger partial charge on any atom is 0.163 e. The van der Waals surface area contributed by atoms with E-state index >= 15 is 0 Å². The van der Waals surface area contributed by atoms with Gasteiger partial charge in [-0.1, -0.05) is 39.0 Å². The first-order chi connectivity index (χ1) is 11.4. The van der Waals surface area contributed by atoms with Crippen LogP contribution < -0.4 is 10.1 Å². The summed E-state index contributed by atoms with van der Waals surface area (Å²) < 4.78 is 7.19. The van der Waals surface area contributed by atoms with Crippen molar-refractivity contribution in [2.24, 2.45) is 7.05 Å². The first-order valence-electron chi connectivity index (χ1n) is 7.96. The van der Waals surface area contributed by atoms with E-state index in [2.05, 4.69) is 36.2 Å². The zero-order valence-electron chi connectivity index (χ0n) is 14.8. The van der Waals surface area contributed by atoms with E-state index in [-0.39, 0.29) is 5.41 Å². The highest BCUT2D eigenvalue weighted by molar-refractivity contribution is 5.86. The second-order valence-corrected chi connectivity index (χ2v) is 6.82. The Morgan fingerprint density at radius 1 is 1.17 bits per heavy atom. The summed E-state index contributed by atoms with van der Waals surface area (Å²) in [4.78, 5) is 9.42. The molecule has 0 bridgehead atoms. The van der Waals surface area contributed by atoms with E-state index in [1.807, 2.05) is 31.3 Å². The Balaban J connectivity index is 1.99. The number of aryl methyl sites for hydroxylation is 1. The molecule has 0 atom stereocenters. The smallest absolute Gasteiger partial charge is 0.163 e. The number of anilines is 1. The van der Waals surface area contributed by atoms with Crippen LogP contribution in [-0.4, -0.2) is 26.9 Å². The third-order valence-electron chi connectivity index (χ3n) is 3.90. The number of fused-ring (bicyclic) bond motifs is 1. The van der Waals surface area contributed by atoms with Crippen molar-refractivity contribution in [1.82, 2.24) is 19.7 Å². The summed E-state index contributed by atoms with van der Waals surface area (Å²) in [7, 11) is 3.58. The zero-order chi connectivity index (χ0) is 17.3. The average Bonchev–Trinajstić information content (AvgIpc) is 2.93. The van der Waals surface area contributed by atoms with Crippen LogP contribution in [0.15, 0.2) is 30.5 Å². The number of benzene rings is 1. The summed E-state index contributed by atoms with van der Waals surface area (Å²) in [6, 6.07) is 7.96. The minimum atomic E-state index is -0.140. The van der Waals surface area contributed by atoms with E-state index in [0.717, 1.165) is 34.0 Å². The van der Waals surface area contributed by atoms with Crippen molar-refractivity contribution in [3.63, 3.8) is 0 Å². The Kier molecular flexibility index (Phi) is 4.13. The fraction of sp³-hybridized carbons (Fsp3) is 0.389. The molecule has 24 heavy (non-hydrogen) atoms. The van der Waals surface area contributed by atoms with Gasteiger partial charge in [-0.2, -0.15) is 5.10 Å². The highest BCUT2D eigenvalue weighted by Gasteiger charge is 2.21. The SMILES string of the molecule is COc1ccccc1CNc1nc(C(C)(C)C)nc2c1cnn2C. The van der Waals surface area contributed by atoms with E-state index in [1.54, 1.807) is 18.0 Å². The lowest BCUT2D eigenvalue weighted by molar-refractivity contribution is 0.410. The molecule has 0 saturated carbocycles. The minimum absolute atomic E-state index is 0.140. The van der Waals surface area contributed by atoms with Crippen molar-refractivity contribution < 1.29 is 4.74 Å². The van der Waals surface area contributed by atoms with Gasteiger partial charge in [0.25, 0.3) is 0 Å². The van der Waals surface area contributed by atoms with Gasteiger partial charge in [-0.05, 0) is 6.07 Å². The summed E-state index contributed by atoms with van der Waals surface area (Å²) in [5, 5.41) is 8.65. The number of ether oxygens (including phenoxy) is 1. The minimum Gasteiger partial charge on any atom is -0.496 e. The second-order valence-electron chi connectivity index (χ2n) is 6.82. The number of hydrogen-bond donors (Lipinski definition) is 1. The molecule has 3 rings (SSSR count). The van der Waals surface area contributed by atoms with E-state index in [0.29, 0.717) is 6.54 Å². The number of nitrogens with zero attached hydrogens (tertiary/aromatic N) is 4. The van der Waals surface area contributed by atoms with Gasteiger partial charge >= 0.3 is 0 Å². The fourth-order valence-corrected chi connectivity index (χ4v) is 2.52. The topological polar surface area (TPSA) is 64.9 Å². The second kappa shape index (κ2) is 6.11. The zero-order valence-corrected chi connectivity index (χ0v) is 14.8. The van der Waals surface area contributed by atoms with Crippen molar-refractivity contribution >= 4 is 16.9 Å². The fourth-order valence-electron chi connectivity index (χ4n) is 2.52. The molecule has 6 nitrogen and oxygen atoms in total. The molecular weight excluding hydrogens is 302 g/mol. The normalized spacial score (nSPS) is 11.7. The molecule has 0 saturated heterocycles. The monoisotopic (exact) mass is 325 g/mol. The third kappa shape index (κ3) is 3.04. The maximum atomic E-state index is 5.41. The summed E-state index contributed by atoms with van der Waals surface area (Å²) >= 11 is 0. The number of nitrogens with one attached hydrogen (secondary N) is 1. The van der Waals surface area contributed by atoms with E-state index in [1.165, 1.54) is 0 Å². The quantitative estimate of drug-likeness (QED) is 0.797. The van der Waals surface area contributed by atoms with Crippen LogP contribution in [0.25, 0.3) is 11.0 Å². The molecule has 0 fully saturated rings. The van der Waals surface area contributed by atoms with Crippen LogP contribution in [0.4, 0.5) is 5.82 Å². The lowest BCUT2D eigenvalue weighted by atomic mass is 9.95. The average molecular weight is 325 g/mol. The highest BCUT2D eigenvalue weighted by Crippen LogP contribution is 2.27. The van der Waals surface area contributed by atoms with Gasteiger partial charge < -0.3 is 10.1 Å². The highest BCUT2D eigenvalue weighted by atomic mass is 16.5. The van der Waals surface area contributed by atoms with Gasteiger partial charge in [0.2, 0.25) is 0 Å². The van der Waals surface area contributed by atoms with Crippen LogP contribution in [0.2, 0.25) is 0 Å². The Hall–Kier alpha value is -2.63. The lowest BCUT2D eigenvalue weighted by Gasteiger charge is -2.18. The van der Waals surface area contributed by atoms with Crippen LogP contribution in [0.3, 0.4) is 0 Å². The van der Waals surface area contributed by atoms with Crippen LogP contribution >= 0.6 is 0 Å². The first-order valence-corrected chi connectivity index (χ1v) is 7.96. The molecule has 0 aliphatic heterocycles. The van der Waals surface area contributed by atoms with Crippen LogP contribution in [-0.2, 0) is 19.0 Å². The Bertz CT molecular complexity index is 863. The molecule has 1 aromatic carbocycles.